The fraction of sp³-hybridized carbons (Fsp3) is 0.562. The van der Waals surface area contributed by atoms with Crippen molar-refractivity contribution in [3.8, 4) is 45.6 Å². The SMILES string of the molecule is CCCCCCCCc1c2c(c(CCCCCCCC)c3c1-c1nc-3nc3[nH]c(nc4nc(nc5[nH]c(n1)c1c(CCCCCCCC)c6c(c(CCCCCCCC)c51)SCc1ccccc1CS6)-c1c(CCCCCCCC)c5c(c(CCCCCCCC)c1-4)SCc1ccccc1CS5)c1c(CCCCCCCC)c4c(c(CCCCCCCC)c31)SCc1ccccc1CS4)SCc1ccccc1CS2. The molecule has 0 unspecified atom stereocenters. The van der Waals surface area contributed by atoms with Gasteiger partial charge < -0.3 is 9.97 Å². The standard InChI is InChI=1S/C128H170N8S8/c1-9-17-25-33-41-49-73-97-105-106(98(74-50-42-34-26-18-10-2)114-113(97)137-81-89-65-57-58-66-90(89)82-138-114)122-129-121(105)133-123-107-99(75-51-43-35-27-19-11-3)115-116(140-84-92-68-60-59-67-91(92)83-139-115)100(76-52-44-36-28-20-12-4)108(107)125(130-123)135-127-111-103(79-55-47-39-31-23-15-7)119-120(144-88-96-72-64-63-71-95(96)87-143-119)104(80-56-48-40-32-24-16-8)112(111)128(132-127)136-126-110-102(78-54-46-38-30-22-14-6)118-117(141-85-93-69-61-62-70-94(93)86-142-118)101(109(110)124(131-126)134-122)77-53-45-37-29-21-13-5/h57-72H,9-56,73-88H2,1-8H3,(H2,129,130,131,132,133,134,135,136). The highest BCUT2D eigenvalue weighted by atomic mass is 32.2. The number of unbranched alkanes of at least 4 members (excludes halogenated alkanes) is 40. The maximum atomic E-state index is 6.74. The van der Waals surface area contributed by atoms with E-state index in [9.17, 15) is 0 Å². The molecule has 3 aromatic heterocycles. The molecule has 17 rings (SSSR count). The van der Waals surface area contributed by atoms with Gasteiger partial charge in [0.1, 0.15) is 22.6 Å². The van der Waals surface area contributed by atoms with Crippen LogP contribution in [-0.4, -0.2) is 39.9 Å². The van der Waals surface area contributed by atoms with Crippen LogP contribution < -0.4 is 0 Å². The molecule has 0 radical (unpaired) electrons. The van der Waals surface area contributed by atoms with Gasteiger partial charge in [-0.2, -0.15) is 0 Å². The number of aromatic nitrogens is 8. The lowest BCUT2D eigenvalue weighted by Gasteiger charge is -2.25. The van der Waals surface area contributed by atoms with Crippen molar-refractivity contribution in [2.75, 3.05) is 0 Å². The van der Waals surface area contributed by atoms with E-state index in [1.165, 1.54) is 429 Å². The third kappa shape index (κ3) is 27.1. The molecule has 16 heteroatoms. The zero-order valence-electron chi connectivity index (χ0n) is 89.4. The summed E-state index contributed by atoms with van der Waals surface area (Å²) < 4.78 is 0. The predicted molar refractivity (Wildman–Crippen MR) is 635 cm³/mol. The first kappa shape index (κ1) is 109. The molecule has 6 aliphatic heterocycles. The molecular weight excluding hydrogens is 1910 g/mol. The number of H-pyrrole nitrogens is 2. The van der Waals surface area contributed by atoms with E-state index in [0.717, 1.165) is 195 Å². The average Bonchev–Trinajstić information content (AvgIpc) is 1.55. The summed E-state index contributed by atoms with van der Waals surface area (Å²) >= 11 is 17.0. The number of rotatable bonds is 56. The first-order chi connectivity index (χ1) is 71.3. The highest BCUT2D eigenvalue weighted by molar-refractivity contribution is 8.03. The lowest BCUT2D eigenvalue weighted by atomic mass is 9.90. The number of aryl methyl sites for hydroxylation is 4. The van der Waals surface area contributed by atoms with E-state index in [1.807, 2.05) is 0 Å². The molecule has 9 heterocycles. The topological polar surface area (TPSA) is 109 Å². The molecule has 144 heavy (non-hydrogen) atoms. The Morgan fingerprint density at radius 3 is 0.472 bits per heavy atom. The van der Waals surface area contributed by atoms with Crippen LogP contribution in [0.2, 0.25) is 0 Å². The molecule has 8 bridgehead atoms. The number of thioether (sulfide) groups is 8. The van der Waals surface area contributed by atoms with Crippen LogP contribution >= 0.6 is 94.1 Å². The smallest absolute Gasteiger partial charge is 0.165 e. The van der Waals surface area contributed by atoms with E-state index in [4.69, 9.17) is 29.9 Å². The van der Waals surface area contributed by atoms with Gasteiger partial charge in [0.05, 0.1) is 0 Å². The van der Waals surface area contributed by atoms with Crippen molar-refractivity contribution in [1.29, 1.82) is 0 Å². The summed E-state index contributed by atoms with van der Waals surface area (Å²) in [5.41, 5.74) is 31.8. The Kier molecular flexibility index (Phi) is 43.5. The van der Waals surface area contributed by atoms with Gasteiger partial charge in [-0.05, 0) is 192 Å². The van der Waals surface area contributed by atoms with E-state index in [1.54, 1.807) is 0 Å². The Balaban J connectivity index is 1.08. The van der Waals surface area contributed by atoms with Crippen LogP contribution in [0.3, 0.4) is 0 Å². The number of hydrogen-bond acceptors (Lipinski definition) is 14. The summed E-state index contributed by atoms with van der Waals surface area (Å²) in [6, 6.07) is 37.8. The summed E-state index contributed by atoms with van der Waals surface area (Å²) in [4.78, 5) is 60.9. The van der Waals surface area contributed by atoms with Gasteiger partial charge in [-0.3, -0.25) is 0 Å². The summed E-state index contributed by atoms with van der Waals surface area (Å²) in [6.45, 7) is 19.0. The second kappa shape index (κ2) is 57.4. The van der Waals surface area contributed by atoms with Gasteiger partial charge in [0.2, 0.25) is 0 Å². The Labute approximate surface area is 902 Å². The zero-order valence-corrected chi connectivity index (χ0v) is 96.0. The molecular formula is C128H170N8S8. The Bertz CT molecular complexity index is 5510. The highest BCUT2D eigenvalue weighted by Crippen LogP contribution is 2.58. The molecule has 0 aliphatic carbocycles. The number of aromatic amines is 2. The molecule has 0 amide bonds. The minimum atomic E-state index is 0.819. The van der Waals surface area contributed by atoms with Gasteiger partial charge in [0.15, 0.2) is 23.3 Å². The summed E-state index contributed by atoms with van der Waals surface area (Å²) in [5.74, 6) is 10.7. The monoisotopic (exact) mass is 2080 g/mol. The Morgan fingerprint density at radius 1 is 0.174 bits per heavy atom. The third-order valence-corrected chi connectivity index (χ3v) is 41.8. The second-order valence-corrected chi connectivity index (χ2v) is 50.5. The van der Waals surface area contributed by atoms with E-state index in [2.05, 4.69) is 257 Å². The first-order valence-corrected chi connectivity index (χ1v) is 66.1. The largest absolute Gasteiger partial charge is 0.324 e. The van der Waals surface area contributed by atoms with Crippen LogP contribution in [0.15, 0.2) is 136 Å². The summed E-state index contributed by atoms with van der Waals surface area (Å²) in [7, 11) is 0. The average molecular weight is 2080 g/mol. The summed E-state index contributed by atoms with van der Waals surface area (Å²) in [6.07, 6.45) is 66.1. The molecule has 11 aromatic rings. The van der Waals surface area contributed by atoms with E-state index in [0.29, 0.717) is 0 Å². The molecule has 0 saturated heterocycles. The number of hydrogen-bond donors (Lipinski definition) is 2. The van der Waals surface area contributed by atoms with Crippen molar-refractivity contribution in [3.05, 3.63) is 186 Å². The van der Waals surface area contributed by atoms with Gasteiger partial charge in [0.25, 0.3) is 0 Å². The molecule has 0 saturated carbocycles. The molecule has 2 N–H and O–H groups in total. The molecule has 6 aliphatic rings. The minimum absolute atomic E-state index is 0.819. The number of nitrogens with zero attached hydrogens (tertiary/aromatic N) is 6. The lowest BCUT2D eigenvalue weighted by Crippen LogP contribution is -2.06. The molecule has 0 atom stereocenters. The van der Waals surface area contributed by atoms with Crippen molar-refractivity contribution in [2.24, 2.45) is 0 Å². The lowest BCUT2D eigenvalue weighted by molar-refractivity contribution is 0.602. The van der Waals surface area contributed by atoms with Gasteiger partial charge in [-0.1, -0.05) is 409 Å². The molecule has 0 fully saturated rings. The van der Waals surface area contributed by atoms with Gasteiger partial charge in [-0.25, -0.2) is 29.9 Å². The zero-order chi connectivity index (χ0) is 99.0. The second-order valence-electron chi connectivity index (χ2n) is 42.6. The number of fused-ring (bicyclic) bond motifs is 28. The van der Waals surface area contributed by atoms with Crippen LogP contribution in [0.25, 0.3) is 89.7 Å². The van der Waals surface area contributed by atoms with Crippen LogP contribution in [0, 0.1) is 0 Å². The van der Waals surface area contributed by atoms with E-state index >= 15 is 0 Å². The van der Waals surface area contributed by atoms with Crippen molar-refractivity contribution in [1.82, 2.24) is 39.9 Å². The van der Waals surface area contributed by atoms with Gasteiger partial charge in [0, 0.05) is 129 Å². The van der Waals surface area contributed by atoms with Crippen LogP contribution in [0.4, 0.5) is 0 Å². The maximum absolute atomic E-state index is 6.74. The van der Waals surface area contributed by atoms with Crippen LogP contribution in [-0.2, 0) is 97.4 Å². The third-order valence-electron chi connectivity index (χ3n) is 31.7. The first-order valence-electron chi connectivity index (χ1n) is 58.2. The minimum Gasteiger partial charge on any atom is -0.324 e. The van der Waals surface area contributed by atoms with Crippen LogP contribution in [0.5, 0.6) is 0 Å². The number of benzene rings is 8. The highest BCUT2D eigenvalue weighted by Gasteiger charge is 2.39. The fourth-order valence-electron chi connectivity index (χ4n) is 23.6. The predicted octanol–water partition coefficient (Wildman–Crippen LogP) is 41.7. The Morgan fingerprint density at radius 2 is 0.312 bits per heavy atom. The molecule has 770 valence electrons. The van der Waals surface area contributed by atoms with E-state index < -0.39 is 0 Å². The maximum Gasteiger partial charge on any atom is 0.165 e. The van der Waals surface area contributed by atoms with Crippen molar-refractivity contribution >= 4 is 138 Å². The summed E-state index contributed by atoms with van der Waals surface area (Å²) in [5, 5.41) is 5.05. The molecule has 8 nitrogen and oxygen atoms in total. The molecule has 8 aromatic carbocycles. The quantitative estimate of drug-likeness (QED) is 0.0353. The Hall–Kier alpha value is -6.08. The van der Waals surface area contributed by atoms with Gasteiger partial charge >= 0.3 is 0 Å². The normalized spacial score (nSPS) is 13.8. The molecule has 0 spiro atoms. The van der Waals surface area contributed by atoms with E-state index in [-0.39, 0.29) is 0 Å². The number of nitrogens with one attached hydrogen (secondary N) is 2. The van der Waals surface area contributed by atoms with Crippen molar-refractivity contribution < 1.29 is 0 Å². The van der Waals surface area contributed by atoms with Crippen molar-refractivity contribution in [2.45, 2.75) is 500 Å². The fourth-order valence-corrected chi connectivity index (χ4v) is 34.7. The van der Waals surface area contributed by atoms with Gasteiger partial charge in [-0.15, -0.1) is 94.1 Å². The van der Waals surface area contributed by atoms with Crippen molar-refractivity contribution in [3.63, 3.8) is 0 Å². The van der Waals surface area contributed by atoms with Crippen LogP contribution in [0.1, 0.15) is 453 Å².